The third-order valence-corrected chi connectivity index (χ3v) is 6.98. The molecular formula is C27H27N5O5. The van der Waals surface area contributed by atoms with E-state index in [0.717, 1.165) is 27.7 Å². The van der Waals surface area contributed by atoms with Crippen molar-refractivity contribution in [2.45, 2.75) is 25.4 Å². The molecule has 0 radical (unpaired) electrons. The first-order chi connectivity index (χ1) is 17.9. The third kappa shape index (κ3) is 4.36. The molecule has 2 aliphatic rings. The Labute approximate surface area is 213 Å². The van der Waals surface area contributed by atoms with E-state index < -0.39 is 11.8 Å². The summed E-state index contributed by atoms with van der Waals surface area (Å²) in [5, 5.41) is 12.5. The number of amides is 5. The maximum atomic E-state index is 13.5. The standard InChI is InChI=1S/C27H27N5O5/c1-2-23(33)28-12-5-13-31-26(35)20-15-30(27(31)36)16-22-24(20)19-6-3-4-7-21(19)32(22)14-17-8-10-18(11-9-17)25(34)29-37/h2-4,6-11,20,37H,1,5,12-16H2,(H,28,33)(H,29,34). The minimum atomic E-state index is -0.583. The number of aromatic nitrogens is 1. The van der Waals surface area contributed by atoms with Crippen molar-refractivity contribution in [3.63, 3.8) is 0 Å². The van der Waals surface area contributed by atoms with Gasteiger partial charge in [-0.2, -0.15) is 0 Å². The first-order valence-corrected chi connectivity index (χ1v) is 12.1. The maximum absolute atomic E-state index is 13.5. The molecule has 190 valence electrons. The second kappa shape index (κ2) is 9.90. The van der Waals surface area contributed by atoms with E-state index in [1.54, 1.807) is 22.5 Å². The highest BCUT2D eigenvalue weighted by atomic mass is 16.5. The summed E-state index contributed by atoms with van der Waals surface area (Å²) in [6, 6.07) is 14.5. The van der Waals surface area contributed by atoms with Crippen LogP contribution in [0, 0.1) is 0 Å². The molecule has 10 heteroatoms. The summed E-state index contributed by atoms with van der Waals surface area (Å²) in [5.74, 6) is -1.56. The first kappa shape index (κ1) is 24.3. The van der Waals surface area contributed by atoms with E-state index in [1.165, 1.54) is 11.0 Å². The van der Waals surface area contributed by atoms with Gasteiger partial charge < -0.3 is 14.8 Å². The zero-order valence-corrected chi connectivity index (χ0v) is 20.1. The van der Waals surface area contributed by atoms with Gasteiger partial charge in [-0.1, -0.05) is 36.9 Å². The van der Waals surface area contributed by atoms with Gasteiger partial charge in [0.2, 0.25) is 11.8 Å². The second-order valence-electron chi connectivity index (χ2n) is 9.16. The third-order valence-electron chi connectivity index (χ3n) is 6.98. The van der Waals surface area contributed by atoms with Crippen LogP contribution in [0.5, 0.6) is 0 Å². The number of nitrogens with zero attached hydrogens (tertiary/aromatic N) is 3. The average Bonchev–Trinajstić information content (AvgIpc) is 3.24. The fourth-order valence-electron chi connectivity index (χ4n) is 5.22. The van der Waals surface area contributed by atoms with Crippen LogP contribution in [0.25, 0.3) is 10.9 Å². The summed E-state index contributed by atoms with van der Waals surface area (Å²) in [6.45, 7) is 5.19. The van der Waals surface area contributed by atoms with Gasteiger partial charge in [0.05, 0.1) is 12.5 Å². The first-order valence-electron chi connectivity index (χ1n) is 12.1. The molecule has 3 heterocycles. The molecule has 0 saturated carbocycles. The Bertz CT molecular complexity index is 1410. The predicted octanol–water partition coefficient (Wildman–Crippen LogP) is 2.36. The smallest absolute Gasteiger partial charge is 0.327 e. The lowest BCUT2D eigenvalue weighted by molar-refractivity contribution is -0.133. The minimum absolute atomic E-state index is 0.223. The molecule has 1 aromatic heterocycles. The van der Waals surface area contributed by atoms with Gasteiger partial charge in [-0.3, -0.25) is 24.5 Å². The summed E-state index contributed by atoms with van der Waals surface area (Å²) in [7, 11) is 0. The van der Waals surface area contributed by atoms with E-state index >= 15 is 0 Å². The molecule has 1 saturated heterocycles. The van der Waals surface area contributed by atoms with Crippen molar-refractivity contribution in [3.8, 4) is 0 Å². The van der Waals surface area contributed by atoms with E-state index in [0.29, 0.717) is 38.2 Å². The largest absolute Gasteiger partial charge is 0.353 e. The molecule has 2 aromatic carbocycles. The molecule has 3 N–H and O–H groups in total. The summed E-state index contributed by atoms with van der Waals surface area (Å²) in [5.41, 5.74) is 5.75. The molecule has 1 fully saturated rings. The molecule has 0 spiro atoms. The van der Waals surface area contributed by atoms with Crippen molar-refractivity contribution in [1.82, 2.24) is 25.2 Å². The van der Waals surface area contributed by atoms with Crippen molar-refractivity contribution in [2.75, 3.05) is 19.6 Å². The Hall–Kier alpha value is -4.44. The lowest BCUT2D eigenvalue weighted by Gasteiger charge is -2.42. The lowest BCUT2D eigenvalue weighted by Crippen LogP contribution is -2.58. The number of urea groups is 1. The second-order valence-corrected chi connectivity index (χ2v) is 9.16. The quantitative estimate of drug-likeness (QED) is 0.189. The minimum Gasteiger partial charge on any atom is -0.353 e. The predicted molar refractivity (Wildman–Crippen MR) is 135 cm³/mol. The fourth-order valence-corrected chi connectivity index (χ4v) is 5.22. The summed E-state index contributed by atoms with van der Waals surface area (Å²) in [6.07, 6.45) is 1.64. The highest BCUT2D eigenvalue weighted by Crippen LogP contribution is 2.41. The molecule has 1 atom stereocenters. The van der Waals surface area contributed by atoms with Gasteiger partial charge in [0.25, 0.3) is 5.91 Å². The van der Waals surface area contributed by atoms with Gasteiger partial charge in [-0.15, -0.1) is 0 Å². The highest BCUT2D eigenvalue weighted by molar-refractivity contribution is 6.04. The summed E-state index contributed by atoms with van der Waals surface area (Å²) in [4.78, 5) is 52.8. The summed E-state index contributed by atoms with van der Waals surface area (Å²) >= 11 is 0. The highest BCUT2D eigenvalue weighted by Gasteiger charge is 2.45. The zero-order chi connectivity index (χ0) is 26.1. The van der Waals surface area contributed by atoms with E-state index in [1.807, 2.05) is 36.4 Å². The molecule has 37 heavy (non-hydrogen) atoms. The number of imide groups is 1. The number of fused-ring (bicyclic) bond motifs is 6. The van der Waals surface area contributed by atoms with Gasteiger partial charge in [0.1, 0.15) is 0 Å². The van der Waals surface area contributed by atoms with Crippen molar-refractivity contribution in [3.05, 3.63) is 83.6 Å². The Morgan fingerprint density at radius 2 is 1.86 bits per heavy atom. The topological polar surface area (TPSA) is 124 Å². The molecular weight excluding hydrogens is 474 g/mol. The number of para-hydroxylation sites is 1. The summed E-state index contributed by atoms with van der Waals surface area (Å²) < 4.78 is 2.13. The van der Waals surface area contributed by atoms with Gasteiger partial charge in [-0.25, -0.2) is 10.3 Å². The van der Waals surface area contributed by atoms with Crippen LogP contribution in [0.2, 0.25) is 0 Å². The molecule has 3 aromatic rings. The number of carbonyl (C=O) groups is 4. The lowest BCUT2D eigenvalue weighted by atomic mass is 9.89. The fraction of sp³-hybridized carbons (Fsp3) is 0.259. The molecule has 10 nitrogen and oxygen atoms in total. The van der Waals surface area contributed by atoms with E-state index in [9.17, 15) is 19.2 Å². The number of hydrogen-bond acceptors (Lipinski definition) is 5. The van der Waals surface area contributed by atoms with E-state index in [-0.39, 0.29) is 24.4 Å². The van der Waals surface area contributed by atoms with Crippen LogP contribution in [0.1, 0.15) is 39.5 Å². The Balaban J connectivity index is 1.45. The monoisotopic (exact) mass is 501 g/mol. The molecule has 5 amide bonds. The molecule has 5 rings (SSSR count). The van der Waals surface area contributed by atoms with Crippen molar-refractivity contribution in [1.29, 1.82) is 0 Å². The van der Waals surface area contributed by atoms with Gasteiger partial charge >= 0.3 is 6.03 Å². The molecule has 0 aliphatic carbocycles. The van der Waals surface area contributed by atoms with Gasteiger partial charge in [0, 0.05) is 48.3 Å². The number of hydrogen-bond donors (Lipinski definition) is 3. The normalized spacial score (nSPS) is 16.5. The Morgan fingerprint density at radius 1 is 1.11 bits per heavy atom. The van der Waals surface area contributed by atoms with Crippen LogP contribution in [-0.2, 0) is 22.7 Å². The van der Waals surface area contributed by atoms with Crippen molar-refractivity contribution >= 4 is 34.7 Å². The average molecular weight is 502 g/mol. The van der Waals surface area contributed by atoms with Crippen LogP contribution < -0.4 is 10.8 Å². The van der Waals surface area contributed by atoms with Crippen LogP contribution in [0.4, 0.5) is 4.79 Å². The van der Waals surface area contributed by atoms with E-state index in [2.05, 4.69) is 16.5 Å². The Morgan fingerprint density at radius 3 is 2.59 bits per heavy atom. The molecule has 1 unspecified atom stereocenters. The number of rotatable bonds is 8. The number of carbonyl (C=O) groups excluding carboxylic acids is 4. The van der Waals surface area contributed by atoms with Crippen molar-refractivity contribution < 1.29 is 24.4 Å². The SMILES string of the molecule is C=CC(=O)NCCCN1C(=O)C2CN(Cc3c2c2ccccc2n3Cc2ccc(C(=O)NO)cc2)C1=O. The van der Waals surface area contributed by atoms with Crippen molar-refractivity contribution in [2.24, 2.45) is 0 Å². The molecule has 2 aliphatic heterocycles. The Kier molecular flexibility index (Phi) is 6.49. The zero-order valence-electron chi connectivity index (χ0n) is 20.1. The number of nitrogens with one attached hydrogen (secondary N) is 2. The maximum Gasteiger partial charge on any atom is 0.327 e. The molecule has 2 bridgehead atoms. The number of benzene rings is 2. The van der Waals surface area contributed by atoms with Crippen LogP contribution in [-0.4, -0.2) is 63.0 Å². The van der Waals surface area contributed by atoms with Crippen LogP contribution in [0.15, 0.2) is 61.2 Å². The number of hydroxylamine groups is 1. The van der Waals surface area contributed by atoms with Gasteiger partial charge in [0.15, 0.2) is 0 Å². The van der Waals surface area contributed by atoms with Gasteiger partial charge in [-0.05, 0) is 41.8 Å². The van der Waals surface area contributed by atoms with Crippen LogP contribution in [0.3, 0.4) is 0 Å². The van der Waals surface area contributed by atoms with E-state index in [4.69, 9.17) is 5.21 Å². The van der Waals surface area contributed by atoms with Crippen LogP contribution >= 0.6 is 0 Å².